The molecular formula is C25H32N2O5S. The maximum absolute atomic E-state index is 12.8. The molecule has 1 unspecified atom stereocenters. The fourth-order valence-electron chi connectivity index (χ4n) is 4.38. The van der Waals surface area contributed by atoms with Gasteiger partial charge in [-0.15, -0.1) is 0 Å². The van der Waals surface area contributed by atoms with Gasteiger partial charge in [0.1, 0.15) is 17.6 Å². The van der Waals surface area contributed by atoms with E-state index in [1.54, 1.807) is 28.6 Å². The number of amides is 1. The molecule has 1 fully saturated rings. The summed E-state index contributed by atoms with van der Waals surface area (Å²) in [5.41, 5.74) is 2.77. The Bertz CT molecular complexity index is 1090. The quantitative estimate of drug-likeness (QED) is 0.636. The normalized spacial score (nSPS) is 18.4. The van der Waals surface area contributed by atoms with Gasteiger partial charge in [0.05, 0.1) is 17.9 Å². The van der Waals surface area contributed by atoms with Crippen LogP contribution in [-0.2, 0) is 34.2 Å². The van der Waals surface area contributed by atoms with Crippen LogP contribution in [-0.4, -0.2) is 44.4 Å². The summed E-state index contributed by atoms with van der Waals surface area (Å²) in [5.74, 6) is 1.47. The predicted molar refractivity (Wildman–Crippen MR) is 126 cm³/mol. The molecule has 2 aliphatic rings. The molecule has 33 heavy (non-hydrogen) atoms. The summed E-state index contributed by atoms with van der Waals surface area (Å²) in [5, 5.41) is 2.94. The zero-order valence-corrected chi connectivity index (χ0v) is 20.1. The topological polar surface area (TPSA) is 84.9 Å². The van der Waals surface area contributed by atoms with Crippen molar-refractivity contribution >= 4 is 15.9 Å². The molecule has 1 amide bonds. The highest BCUT2D eigenvalue weighted by Gasteiger charge is 2.26. The van der Waals surface area contributed by atoms with Crippen LogP contribution in [0.1, 0.15) is 49.8 Å². The molecule has 4 rings (SSSR count). The summed E-state index contributed by atoms with van der Waals surface area (Å²) >= 11 is 0. The van der Waals surface area contributed by atoms with Crippen LogP contribution in [0.15, 0.2) is 41.3 Å². The van der Waals surface area contributed by atoms with Crippen molar-refractivity contribution in [3.63, 3.8) is 0 Å². The van der Waals surface area contributed by atoms with Crippen molar-refractivity contribution < 1.29 is 22.7 Å². The largest absolute Gasteiger partial charge is 0.494 e. The standard InChI is InChI=1S/C25H32N2O5S/c1-3-31-23-15-20-13-18(2)32-24(20)16-21(23)17-26-25(28)14-19-7-9-22(10-8-19)33(29,30)27-11-5-4-6-12-27/h7-10,15-16,18H,3-6,11-14,17H2,1-2H3,(H,26,28). The van der Waals surface area contributed by atoms with Gasteiger partial charge in [0.25, 0.3) is 0 Å². The van der Waals surface area contributed by atoms with E-state index in [1.807, 2.05) is 26.0 Å². The van der Waals surface area contributed by atoms with Crippen LogP contribution in [0.5, 0.6) is 11.5 Å². The second-order valence-corrected chi connectivity index (χ2v) is 10.6. The van der Waals surface area contributed by atoms with Gasteiger partial charge in [-0.2, -0.15) is 4.31 Å². The van der Waals surface area contributed by atoms with Crippen molar-refractivity contribution in [2.75, 3.05) is 19.7 Å². The molecule has 1 saturated heterocycles. The molecule has 2 heterocycles. The summed E-state index contributed by atoms with van der Waals surface area (Å²) in [6.07, 6.45) is 4.04. The number of hydrogen-bond acceptors (Lipinski definition) is 5. The van der Waals surface area contributed by atoms with Gasteiger partial charge in [0, 0.05) is 37.2 Å². The van der Waals surface area contributed by atoms with E-state index in [0.717, 1.165) is 53.9 Å². The van der Waals surface area contributed by atoms with Crippen LogP contribution in [0.4, 0.5) is 0 Å². The molecular weight excluding hydrogens is 440 g/mol. The average molecular weight is 473 g/mol. The maximum Gasteiger partial charge on any atom is 0.243 e. The van der Waals surface area contributed by atoms with E-state index >= 15 is 0 Å². The minimum Gasteiger partial charge on any atom is -0.494 e. The zero-order valence-electron chi connectivity index (χ0n) is 19.3. The fourth-order valence-corrected chi connectivity index (χ4v) is 5.90. The minimum atomic E-state index is -3.47. The average Bonchev–Trinajstić information content (AvgIpc) is 3.17. The van der Waals surface area contributed by atoms with Crippen LogP contribution in [0, 0.1) is 0 Å². The Morgan fingerprint density at radius 2 is 1.88 bits per heavy atom. The van der Waals surface area contributed by atoms with Crippen molar-refractivity contribution in [3.8, 4) is 11.5 Å². The number of rotatable bonds is 8. The highest BCUT2D eigenvalue weighted by Crippen LogP contribution is 2.35. The minimum absolute atomic E-state index is 0.140. The SMILES string of the molecule is CCOc1cc2c(cc1CNC(=O)Cc1ccc(S(=O)(=O)N3CCCCC3)cc1)OC(C)C2. The van der Waals surface area contributed by atoms with Crippen molar-refractivity contribution in [1.29, 1.82) is 0 Å². The van der Waals surface area contributed by atoms with E-state index in [0.29, 0.717) is 26.2 Å². The van der Waals surface area contributed by atoms with E-state index in [9.17, 15) is 13.2 Å². The van der Waals surface area contributed by atoms with Gasteiger partial charge in [-0.25, -0.2) is 8.42 Å². The van der Waals surface area contributed by atoms with E-state index < -0.39 is 10.0 Å². The molecule has 1 atom stereocenters. The third-order valence-electron chi connectivity index (χ3n) is 6.10. The van der Waals surface area contributed by atoms with Gasteiger partial charge in [-0.1, -0.05) is 18.6 Å². The van der Waals surface area contributed by atoms with E-state index in [2.05, 4.69) is 5.32 Å². The van der Waals surface area contributed by atoms with Gasteiger partial charge < -0.3 is 14.8 Å². The predicted octanol–water partition coefficient (Wildman–Crippen LogP) is 3.44. The second kappa shape index (κ2) is 10.1. The van der Waals surface area contributed by atoms with Crippen molar-refractivity contribution in [2.24, 2.45) is 0 Å². The molecule has 0 bridgehead atoms. The van der Waals surface area contributed by atoms with E-state index in [1.165, 1.54) is 0 Å². The number of fused-ring (bicyclic) bond motifs is 1. The Balaban J connectivity index is 1.37. The second-order valence-electron chi connectivity index (χ2n) is 8.70. The summed E-state index contributed by atoms with van der Waals surface area (Å²) < 4.78 is 38.8. The lowest BCUT2D eigenvalue weighted by atomic mass is 10.1. The first-order chi connectivity index (χ1) is 15.9. The number of nitrogens with one attached hydrogen (secondary N) is 1. The third-order valence-corrected chi connectivity index (χ3v) is 8.01. The molecule has 0 radical (unpaired) electrons. The maximum atomic E-state index is 12.8. The van der Waals surface area contributed by atoms with Crippen LogP contribution in [0.2, 0.25) is 0 Å². The molecule has 1 N–H and O–H groups in total. The molecule has 178 valence electrons. The van der Waals surface area contributed by atoms with Crippen molar-refractivity contribution in [3.05, 3.63) is 53.1 Å². The highest BCUT2D eigenvalue weighted by atomic mass is 32.2. The van der Waals surface area contributed by atoms with Crippen LogP contribution < -0.4 is 14.8 Å². The lowest BCUT2D eigenvalue weighted by Gasteiger charge is -2.25. The molecule has 0 spiro atoms. The smallest absolute Gasteiger partial charge is 0.243 e. The molecule has 2 aliphatic heterocycles. The van der Waals surface area contributed by atoms with Gasteiger partial charge >= 0.3 is 0 Å². The van der Waals surface area contributed by atoms with Crippen LogP contribution in [0.25, 0.3) is 0 Å². The Hall–Kier alpha value is -2.58. The monoisotopic (exact) mass is 472 g/mol. The Morgan fingerprint density at radius 3 is 2.58 bits per heavy atom. The molecule has 0 saturated carbocycles. The molecule has 8 heteroatoms. The number of benzene rings is 2. The zero-order chi connectivity index (χ0) is 23.4. The third kappa shape index (κ3) is 5.50. The first-order valence-corrected chi connectivity index (χ1v) is 13.1. The van der Waals surface area contributed by atoms with Gasteiger partial charge in [0.15, 0.2) is 0 Å². The number of nitrogens with zero attached hydrogens (tertiary/aromatic N) is 1. The first kappa shape index (κ1) is 23.6. The summed E-state index contributed by atoms with van der Waals surface area (Å²) in [6, 6.07) is 10.6. The first-order valence-electron chi connectivity index (χ1n) is 11.7. The van der Waals surface area contributed by atoms with Gasteiger partial charge in [-0.05, 0) is 56.5 Å². The van der Waals surface area contributed by atoms with Crippen LogP contribution >= 0.6 is 0 Å². The van der Waals surface area contributed by atoms with Gasteiger partial charge in [0.2, 0.25) is 15.9 Å². The number of hydrogen-bond donors (Lipinski definition) is 1. The van der Waals surface area contributed by atoms with Crippen LogP contribution in [0.3, 0.4) is 0 Å². The van der Waals surface area contributed by atoms with E-state index in [-0.39, 0.29) is 23.3 Å². The Labute approximate surface area is 196 Å². The summed E-state index contributed by atoms with van der Waals surface area (Å²) in [6.45, 7) is 5.99. The highest BCUT2D eigenvalue weighted by molar-refractivity contribution is 7.89. The van der Waals surface area contributed by atoms with Gasteiger partial charge in [-0.3, -0.25) is 4.79 Å². The Morgan fingerprint density at radius 1 is 1.15 bits per heavy atom. The fraction of sp³-hybridized carbons (Fsp3) is 0.480. The summed E-state index contributed by atoms with van der Waals surface area (Å²) in [7, 11) is -3.47. The van der Waals surface area contributed by atoms with Crippen molar-refractivity contribution in [1.82, 2.24) is 9.62 Å². The number of carbonyl (C=O) groups excluding carboxylic acids is 1. The lowest BCUT2D eigenvalue weighted by molar-refractivity contribution is -0.120. The number of ether oxygens (including phenoxy) is 2. The molecule has 2 aromatic rings. The van der Waals surface area contributed by atoms with E-state index in [4.69, 9.17) is 9.47 Å². The molecule has 0 aliphatic carbocycles. The molecule has 7 nitrogen and oxygen atoms in total. The summed E-state index contributed by atoms with van der Waals surface area (Å²) in [4.78, 5) is 12.8. The number of sulfonamides is 1. The Kier molecular flexibility index (Phi) is 7.24. The lowest BCUT2D eigenvalue weighted by Crippen LogP contribution is -2.35. The molecule has 0 aromatic heterocycles. The number of carbonyl (C=O) groups is 1. The molecule has 2 aromatic carbocycles. The van der Waals surface area contributed by atoms with Crippen molar-refractivity contribution in [2.45, 2.75) is 63.5 Å². The number of piperidine rings is 1.